The number of benzene rings is 3. The largest absolute Gasteiger partial charge is 0.351 e. The Hall–Kier alpha value is -3.58. The highest BCUT2D eigenvalue weighted by atomic mass is 35.5. The van der Waals surface area contributed by atoms with Crippen molar-refractivity contribution in [3.63, 3.8) is 0 Å². The fourth-order valence-electron chi connectivity index (χ4n) is 4.54. The first kappa shape index (κ1) is 24.5. The quantitative estimate of drug-likeness (QED) is 0.387. The molecular formula is C27H25ClF2N4O. The first-order chi connectivity index (χ1) is 16.5. The zero-order valence-electron chi connectivity index (χ0n) is 19.2. The lowest BCUT2D eigenvalue weighted by molar-refractivity contribution is -0.132. The summed E-state index contributed by atoms with van der Waals surface area (Å²) in [7, 11) is 0. The van der Waals surface area contributed by atoms with Gasteiger partial charge >= 0.3 is 0 Å². The molecule has 0 saturated carbocycles. The maximum atomic E-state index is 13.4. The van der Waals surface area contributed by atoms with E-state index in [1.807, 2.05) is 36.1 Å². The summed E-state index contributed by atoms with van der Waals surface area (Å²) in [6.45, 7) is 3.85. The first-order valence-corrected chi connectivity index (χ1v) is 11.3. The number of hydrogen-bond donors (Lipinski definition) is 0. The molecule has 1 aliphatic heterocycles. The molecule has 4 aromatic rings. The Bertz CT molecular complexity index is 1330. The van der Waals surface area contributed by atoms with E-state index in [0.717, 1.165) is 27.7 Å². The number of rotatable bonds is 4. The van der Waals surface area contributed by atoms with Gasteiger partial charge in [-0.25, -0.2) is 8.78 Å². The van der Waals surface area contributed by atoms with Crippen LogP contribution >= 0.6 is 12.4 Å². The van der Waals surface area contributed by atoms with Gasteiger partial charge in [0.25, 0.3) is 0 Å². The number of amides is 1. The first-order valence-electron chi connectivity index (χ1n) is 11.3. The number of carbonyl (C=O) groups is 1. The van der Waals surface area contributed by atoms with Crippen LogP contribution in [0.4, 0.5) is 14.6 Å². The monoisotopic (exact) mass is 494 g/mol. The highest BCUT2D eigenvalue weighted by Gasteiger charge is 2.29. The molecule has 1 atom stereocenters. The molecule has 1 aliphatic rings. The van der Waals surface area contributed by atoms with Gasteiger partial charge in [0.1, 0.15) is 17.3 Å². The molecule has 1 saturated heterocycles. The Labute approximate surface area is 208 Å². The minimum absolute atomic E-state index is 0. The number of anilines is 1. The van der Waals surface area contributed by atoms with Crippen LogP contribution in [-0.4, -0.2) is 46.7 Å². The molecule has 0 aliphatic carbocycles. The van der Waals surface area contributed by atoms with Crippen molar-refractivity contribution in [1.82, 2.24) is 15.1 Å². The SMILES string of the molecule is CC1CN(c2nnc(-c3ccc(F)cc3)c3ccccc23)CCN1C(=O)Cc1ccc(F)cc1.Cl. The summed E-state index contributed by atoms with van der Waals surface area (Å²) in [5.74, 6) is 0.204. The average Bonchev–Trinajstić information content (AvgIpc) is 2.85. The molecule has 0 N–H and O–H groups in total. The minimum atomic E-state index is -0.308. The van der Waals surface area contributed by atoms with Gasteiger partial charge in [-0.05, 0) is 48.9 Å². The molecule has 0 bridgehead atoms. The Kier molecular flexibility index (Phi) is 7.26. The summed E-state index contributed by atoms with van der Waals surface area (Å²) in [4.78, 5) is 16.9. The Morgan fingerprint density at radius 3 is 2.17 bits per heavy atom. The lowest BCUT2D eigenvalue weighted by atomic mass is 10.0. The van der Waals surface area contributed by atoms with Crippen LogP contribution in [0.2, 0.25) is 0 Å². The van der Waals surface area contributed by atoms with Crippen molar-refractivity contribution in [3.05, 3.63) is 90.0 Å². The molecule has 1 aromatic heterocycles. The van der Waals surface area contributed by atoms with Gasteiger partial charge in [-0.3, -0.25) is 4.79 Å². The van der Waals surface area contributed by atoms with Crippen molar-refractivity contribution in [2.24, 2.45) is 0 Å². The van der Waals surface area contributed by atoms with Crippen molar-refractivity contribution < 1.29 is 13.6 Å². The molecule has 1 fully saturated rings. The maximum Gasteiger partial charge on any atom is 0.227 e. The topological polar surface area (TPSA) is 49.3 Å². The van der Waals surface area contributed by atoms with Gasteiger partial charge in [-0.2, -0.15) is 0 Å². The zero-order valence-corrected chi connectivity index (χ0v) is 20.0. The number of carbonyl (C=O) groups excluding carboxylic acids is 1. The van der Waals surface area contributed by atoms with Gasteiger partial charge in [-0.1, -0.05) is 36.4 Å². The number of halogens is 3. The van der Waals surface area contributed by atoms with Crippen LogP contribution in [-0.2, 0) is 11.2 Å². The Balaban J connectivity index is 0.00000289. The highest BCUT2D eigenvalue weighted by molar-refractivity contribution is 6.00. The number of hydrogen-bond acceptors (Lipinski definition) is 4. The zero-order chi connectivity index (χ0) is 23.7. The van der Waals surface area contributed by atoms with E-state index >= 15 is 0 Å². The van der Waals surface area contributed by atoms with Crippen LogP contribution in [0.5, 0.6) is 0 Å². The average molecular weight is 495 g/mol. The highest BCUT2D eigenvalue weighted by Crippen LogP contribution is 2.32. The summed E-state index contributed by atoms with van der Waals surface area (Å²) in [6.07, 6.45) is 0.250. The van der Waals surface area contributed by atoms with Crippen LogP contribution < -0.4 is 4.90 Å². The predicted octanol–water partition coefficient (Wildman–Crippen LogP) is 5.28. The molecule has 180 valence electrons. The van der Waals surface area contributed by atoms with Crippen molar-refractivity contribution in [3.8, 4) is 11.3 Å². The normalized spacial score (nSPS) is 15.7. The number of aromatic nitrogens is 2. The maximum absolute atomic E-state index is 13.4. The third kappa shape index (κ3) is 5.10. The van der Waals surface area contributed by atoms with Gasteiger partial charge in [0.2, 0.25) is 5.91 Å². The molecular weight excluding hydrogens is 470 g/mol. The van der Waals surface area contributed by atoms with E-state index in [9.17, 15) is 13.6 Å². The minimum Gasteiger partial charge on any atom is -0.351 e. The van der Waals surface area contributed by atoms with E-state index in [-0.39, 0.29) is 42.4 Å². The van der Waals surface area contributed by atoms with E-state index < -0.39 is 0 Å². The van der Waals surface area contributed by atoms with Gasteiger partial charge in [0.05, 0.1) is 6.42 Å². The summed E-state index contributed by atoms with van der Waals surface area (Å²) in [5, 5.41) is 11.0. The van der Waals surface area contributed by atoms with Crippen molar-refractivity contribution >= 4 is 34.9 Å². The lowest BCUT2D eigenvalue weighted by Gasteiger charge is -2.40. The second-order valence-corrected chi connectivity index (χ2v) is 8.61. The molecule has 1 unspecified atom stereocenters. The van der Waals surface area contributed by atoms with Crippen LogP contribution in [0.3, 0.4) is 0 Å². The van der Waals surface area contributed by atoms with E-state index in [0.29, 0.717) is 25.3 Å². The lowest BCUT2D eigenvalue weighted by Crippen LogP contribution is -2.54. The second-order valence-electron chi connectivity index (χ2n) is 8.61. The molecule has 5 rings (SSSR count). The van der Waals surface area contributed by atoms with Gasteiger partial charge in [0.15, 0.2) is 5.82 Å². The molecule has 1 amide bonds. The molecule has 5 nitrogen and oxygen atoms in total. The van der Waals surface area contributed by atoms with Crippen LogP contribution in [0.15, 0.2) is 72.8 Å². The Morgan fingerprint density at radius 2 is 1.51 bits per heavy atom. The second kappa shape index (κ2) is 10.4. The van der Waals surface area contributed by atoms with E-state index in [1.54, 1.807) is 24.3 Å². The molecule has 0 spiro atoms. The van der Waals surface area contributed by atoms with Gasteiger partial charge in [-0.15, -0.1) is 22.6 Å². The fourth-order valence-corrected chi connectivity index (χ4v) is 4.54. The van der Waals surface area contributed by atoms with Crippen molar-refractivity contribution in [2.45, 2.75) is 19.4 Å². The van der Waals surface area contributed by atoms with E-state index in [1.165, 1.54) is 24.3 Å². The predicted molar refractivity (Wildman–Crippen MR) is 136 cm³/mol. The Morgan fingerprint density at radius 1 is 0.886 bits per heavy atom. The number of nitrogens with zero attached hydrogens (tertiary/aromatic N) is 4. The standard InChI is InChI=1S/C27H24F2N4O.ClH/c1-18-17-32(14-15-33(18)25(34)16-19-6-10-21(28)11-7-19)27-24-5-3-2-4-23(24)26(30-31-27)20-8-12-22(29)13-9-20;/h2-13,18H,14-17H2,1H3;1H. The van der Waals surface area contributed by atoms with Gasteiger partial charge < -0.3 is 9.80 Å². The van der Waals surface area contributed by atoms with E-state index in [2.05, 4.69) is 15.1 Å². The summed E-state index contributed by atoms with van der Waals surface area (Å²) in [5.41, 5.74) is 2.32. The van der Waals surface area contributed by atoms with Crippen molar-refractivity contribution in [2.75, 3.05) is 24.5 Å². The van der Waals surface area contributed by atoms with E-state index in [4.69, 9.17) is 0 Å². The number of piperazine rings is 1. The summed E-state index contributed by atoms with van der Waals surface area (Å²) >= 11 is 0. The van der Waals surface area contributed by atoms with Crippen LogP contribution in [0.1, 0.15) is 12.5 Å². The third-order valence-corrected chi connectivity index (χ3v) is 6.30. The fraction of sp³-hybridized carbons (Fsp3) is 0.222. The molecule has 35 heavy (non-hydrogen) atoms. The van der Waals surface area contributed by atoms with Crippen molar-refractivity contribution in [1.29, 1.82) is 0 Å². The molecule has 8 heteroatoms. The van der Waals surface area contributed by atoms with Crippen LogP contribution in [0.25, 0.3) is 22.0 Å². The third-order valence-electron chi connectivity index (χ3n) is 6.30. The number of fused-ring (bicyclic) bond motifs is 1. The van der Waals surface area contributed by atoms with Crippen LogP contribution in [0, 0.1) is 11.6 Å². The smallest absolute Gasteiger partial charge is 0.227 e. The summed E-state index contributed by atoms with van der Waals surface area (Å²) < 4.78 is 26.6. The molecule has 0 radical (unpaired) electrons. The molecule has 2 heterocycles. The van der Waals surface area contributed by atoms with Gasteiger partial charge in [0, 0.05) is 42.0 Å². The molecule has 3 aromatic carbocycles. The summed E-state index contributed by atoms with van der Waals surface area (Å²) in [6, 6.07) is 20.2.